The van der Waals surface area contributed by atoms with Crippen LogP contribution in [0, 0.1) is 10.5 Å². The first-order valence-electron chi connectivity index (χ1n) is 5.79. The van der Waals surface area contributed by atoms with Crippen LogP contribution >= 0.6 is 34.2 Å². The number of ether oxygens (including phenoxy) is 1. The number of methoxy groups -OCH3 is 1. The van der Waals surface area contributed by atoms with Gasteiger partial charge in [0.15, 0.2) is 0 Å². The number of carbonyl (C=O) groups is 1. The summed E-state index contributed by atoms with van der Waals surface area (Å²) < 4.78 is 6.04. The summed E-state index contributed by atoms with van der Waals surface area (Å²) in [5.41, 5.74) is 1.21. The third kappa shape index (κ3) is 3.40. The highest BCUT2D eigenvalue weighted by Gasteiger charge is 2.15. The second-order valence-corrected chi connectivity index (χ2v) is 5.65. The zero-order chi connectivity index (χ0) is 14.7. The first kappa shape index (κ1) is 15.1. The Bertz CT molecular complexity index is 662. The molecule has 1 aromatic carbocycles. The Morgan fingerprint density at radius 2 is 2.15 bits per heavy atom. The van der Waals surface area contributed by atoms with Crippen molar-refractivity contribution in [1.29, 1.82) is 0 Å². The highest BCUT2D eigenvalue weighted by Crippen LogP contribution is 2.28. The molecule has 104 valence electrons. The van der Waals surface area contributed by atoms with Gasteiger partial charge in [-0.3, -0.25) is 4.79 Å². The molecule has 0 saturated heterocycles. The molecule has 0 fully saturated rings. The van der Waals surface area contributed by atoms with Crippen molar-refractivity contribution in [3.05, 3.63) is 50.2 Å². The standard InChI is InChI=1S/C14H12ClIN2O2/c1-8-4-3-5-13(17-8)18-14(19)9-6-10(15)11(16)7-12(9)20-2/h3-7H,1-2H3,(H,17,18,19). The van der Waals surface area contributed by atoms with Gasteiger partial charge in [0, 0.05) is 9.26 Å². The second kappa shape index (κ2) is 6.41. The molecule has 0 saturated carbocycles. The van der Waals surface area contributed by atoms with Gasteiger partial charge in [-0.15, -0.1) is 0 Å². The number of benzene rings is 1. The molecule has 1 N–H and O–H groups in total. The van der Waals surface area contributed by atoms with Gasteiger partial charge in [-0.2, -0.15) is 0 Å². The number of aromatic nitrogens is 1. The predicted octanol–water partition coefficient (Wildman–Crippen LogP) is 3.91. The second-order valence-electron chi connectivity index (χ2n) is 4.08. The molecule has 0 aliphatic heterocycles. The molecule has 0 radical (unpaired) electrons. The molecule has 0 spiro atoms. The lowest BCUT2D eigenvalue weighted by atomic mass is 10.2. The van der Waals surface area contributed by atoms with Crippen molar-refractivity contribution in [2.24, 2.45) is 0 Å². The number of hydrogen-bond donors (Lipinski definition) is 1. The third-order valence-corrected chi connectivity index (χ3v) is 4.14. The van der Waals surface area contributed by atoms with Gasteiger partial charge in [-0.05, 0) is 53.8 Å². The van der Waals surface area contributed by atoms with E-state index in [1.54, 1.807) is 18.2 Å². The number of rotatable bonds is 3. The number of pyridine rings is 1. The highest BCUT2D eigenvalue weighted by atomic mass is 127. The Hall–Kier alpha value is -1.34. The van der Waals surface area contributed by atoms with Gasteiger partial charge in [0.2, 0.25) is 0 Å². The lowest BCUT2D eigenvalue weighted by molar-refractivity contribution is 0.102. The maximum atomic E-state index is 12.3. The smallest absolute Gasteiger partial charge is 0.260 e. The number of aryl methyl sites for hydroxylation is 1. The number of carbonyl (C=O) groups excluding carboxylic acids is 1. The predicted molar refractivity (Wildman–Crippen MR) is 87.6 cm³/mol. The zero-order valence-corrected chi connectivity index (χ0v) is 13.8. The Balaban J connectivity index is 2.31. The summed E-state index contributed by atoms with van der Waals surface area (Å²) in [4.78, 5) is 16.5. The van der Waals surface area contributed by atoms with E-state index in [0.29, 0.717) is 22.2 Å². The lowest BCUT2D eigenvalue weighted by Gasteiger charge is -2.10. The van der Waals surface area contributed by atoms with Crippen LogP contribution in [0.3, 0.4) is 0 Å². The van der Waals surface area contributed by atoms with Gasteiger partial charge in [-0.25, -0.2) is 4.98 Å². The zero-order valence-electron chi connectivity index (χ0n) is 10.9. The van der Waals surface area contributed by atoms with Gasteiger partial charge in [-0.1, -0.05) is 17.7 Å². The number of anilines is 1. The molecule has 0 aliphatic rings. The monoisotopic (exact) mass is 402 g/mol. The van der Waals surface area contributed by atoms with E-state index < -0.39 is 0 Å². The summed E-state index contributed by atoms with van der Waals surface area (Å²) in [6.45, 7) is 1.86. The molecule has 6 heteroatoms. The van der Waals surface area contributed by atoms with Crippen molar-refractivity contribution in [1.82, 2.24) is 4.98 Å². The Morgan fingerprint density at radius 1 is 1.40 bits per heavy atom. The van der Waals surface area contributed by atoms with Crippen LogP contribution in [-0.2, 0) is 0 Å². The van der Waals surface area contributed by atoms with Crippen LogP contribution in [-0.4, -0.2) is 18.0 Å². The third-order valence-electron chi connectivity index (χ3n) is 2.62. The summed E-state index contributed by atoms with van der Waals surface area (Å²) in [6, 6.07) is 8.73. The Labute approximate surface area is 135 Å². The number of halogens is 2. The maximum Gasteiger partial charge on any atom is 0.260 e. The summed E-state index contributed by atoms with van der Waals surface area (Å²) in [6.07, 6.45) is 0. The normalized spacial score (nSPS) is 10.2. The molecule has 0 atom stereocenters. The van der Waals surface area contributed by atoms with Crippen LogP contribution in [0.15, 0.2) is 30.3 Å². The summed E-state index contributed by atoms with van der Waals surface area (Å²) in [5, 5.41) is 3.24. The van der Waals surface area contributed by atoms with Gasteiger partial charge in [0.1, 0.15) is 11.6 Å². The first-order chi connectivity index (χ1) is 9.51. The van der Waals surface area contributed by atoms with Crippen molar-refractivity contribution in [2.45, 2.75) is 6.92 Å². The average molecular weight is 403 g/mol. The highest BCUT2D eigenvalue weighted by molar-refractivity contribution is 14.1. The lowest BCUT2D eigenvalue weighted by Crippen LogP contribution is -2.14. The molecule has 1 aromatic heterocycles. The van der Waals surface area contributed by atoms with E-state index in [-0.39, 0.29) is 5.91 Å². The van der Waals surface area contributed by atoms with Crippen LogP contribution in [0.4, 0.5) is 5.82 Å². The molecule has 1 amide bonds. The fraction of sp³-hybridized carbons (Fsp3) is 0.143. The number of amides is 1. The fourth-order valence-electron chi connectivity index (χ4n) is 1.67. The molecule has 2 aromatic rings. The van der Waals surface area contributed by atoms with Gasteiger partial charge in [0.25, 0.3) is 5.91 Å². The molecule has 0 aliphatic carbocycles. The molecule has 4 nitrogen and oxygen atoms in total. The Kier molecular flexibility index (Phi) is 4.82. The number of nitrogens with one attached hydrogen (secondary N) is 1. The van der Waals surface area contributed by atoms with Crippen LogP contribution < -0.4 is 10.1 Å². The minimum atomic E-state index is -0.307. The van der Waals surface area contributed by atoms with E-state index in [0.717, 1.165) is 9.26 Å². The topological polar surface area (TPSA) is 51.2 Å². The minimum Gasteiger partial charge on any atom is -0.496 e. The van der Waals surface area contributed by atoms with E-state index in [2.05, 4.69) is 32.9 Å². The largest absolute Gasteiger partial charge is 0.496 e. The van der Waals surface area contributed by atoms with Crippen LogP contribution in [0.2, 0.25) is 5.02 Å². The SMILES string of the molecule is COc1cc(I)c(Cl)cc1C(=O)Nc1cccc(C)n1. The molecular weight excluding hydrogens is 391 g/mol. The fourth-order valence-corrected chi connectivity index (χ4v) is 2.27. The van der Waals surface area contributed by atoms with Crippen molar-refractivity contribution < 1.29 is 9.53 Å². The Morgan fingerprint density at radius 3 is 2.80 bits per heavy atom. The number of nitrogens with zero attached hydrogens (tertiary/aromatic N) is 1. The van der Waals surface area contributed by atoms with E-state index >= 15 is 0 Å². The molecule has 0 bridgehead atoms. The summed E-state index contributed by atoms with van der Waals surface area (Å²) in [7, 11) is 1.51. The van der Waals surface area contributed by atoms with Crippen molar-refractivity contribution in [3.63, 3.8) is 0 Å². The molecule has 1 heterocycles. The van der Waals surface area contributed by atoms with Crippen LogP contribution in [0.1, 0.15) is 16.1 Å². The van der Waals surface area contributed by atoms with E-state index in [4.69, 9.17) is 16.3 Å². The van der Waals surface area contributed by atoms with Crippen LogP contribution in [0.25, 0.3) is 0 Å². The molecular formula is C14H12ClIN2O2. The van der Waals surface area contributed by atoms with Gasteiger partial charge >= 0.3 is 0 Å². The van der Waals surface area contributed by atoms with E-state index in [9.17, 15) is 4.79 Å². The molecule has 2 rings (SSSR count). The van der Waals surface area contributed by atoms with Crippen molar-refractivity contribution in [3.8, 4) is 5.75 Å². The van der Waals surface area contributed by atoms with Crippen molar-refractivity contribution in [2.75, 3.05) is 12.4 Å². The average Bonchev–Trinajstić information content (AvgIpc) is 2.41. The van der Waals surface area contributed by atoms with Gasteiger partial charge < -0.3 is 10.1 Å². The minimum absolute atomic E-state index is 0.307. The first-order valence-corrected chi connectivity index (χ1v) is 7.25. The van der Waals surface area contributed by atoms with Crippen LogP contribution in [0.5, 0.6) is 5.75 Å². The van der Waals surface area contributed by atoms with E-state index in [1.807, 2.05) is 19.1 Å². The van der Waals surface area contributed by atoms with Gasteiger partial charge in [0.05, 0.1) is 17.7 Å². The summed E-state index contributed by atoms with van der Waals surface area (Å²) in [5.74, 6) is 0.661. The van der Waals surface area contributed by atoms with Crippen molar-refractivity contribution >= 4 is 45.9 Å². The summed E-state index contributed by atoms with van der Waals surface area (Å²) >= 11 is 8.14. The quantitative estimate of drug-likeness (QED) is 0.792. The van der Waals surface area contributed by atoms with E-state index in [1.165, 1.54) is 7.11 Å². The molecule has 0 unspecified atom stereocenters. The number of hydrogen-bond acceptors (Lipinski definition) is 3. The molecule has 20 heavy (non-hydrogen) atoms. The maximum absolute atomic E-state index is 12.3.